The Kier molecular flexibility index (Phi) is 6.47. The second kappa shape index (κ2) is 7.27. The van der Waals surface area contributed by atoms with Crippen molar-refractivity contribution in [3.8, 4) is 5.75 Å². The Morgan fingerprint density at radius 3 is 1.90 bits per heavy atom. The van der Waals surface area contributed by atoms with Crippen molar-refractivity contribution in [3.05, 3.63) is 28.8 Å². The van der Waals surface area contributed by atoms with Crippen LogP contribution in [0.25, 0.3) is 0 Å². The summed E-state index contributed by atoms with van der Waals surface area (Å²) >= 11 is 3.42. The van der Waals surface area contributed by atoms with Crippen LogP contribution in [0.4, 0.5) is 0 Å². The van der Waals surface area contributed by atoms with E-state index in [2.05, 4.69) is 49.8 Å². The van der Waals surface area contributed by atoms with E-state index in [1.807, 2.05) is 12.1 Å². The molecule has 0 atom stereocenters. The van der Waals surface area contributed by atoms with E-state index in [0.29, 0.717) is 5.75 Å². The van der Waals surface area contributed by atoms with Gasteiger partial charge in [-0.05, 0) is 42.2 Å². The van der Waals surface area contributed by atoms with Gasteiger partial charge in [0, 0.05) is 16.5 Å². The van der Waals surface area contributed by atoms with Gasteiger partial charge in [-0.25, -0.2) is 0 Å². The van der Waals surface area contributed by atoms with Crippen LogP contribution in [0.1, 0.15) is 37.5 Å². The molecular formula is C16H27BrO3Si. The lowest BCUT2D eigenvalue weighted by Crippen LogP contribution is -2.44. The first-order valence-electron chi connectivity index (χ1n) is 7.27. The van der Waals surface area contributed by atoms with E-state index >= 15 is 0 Å². The van der Waals surface area contributed by atoms with E-state index in [9.17, 15) is 10.2 Å². The van der Waals surface area contributed by atoms with Crippen LogP contribution in [-0.4, -0.2) is 23.9 Å². The summed E-state index contributed by atoms with van der Waals surface area (Å²) in [5.74, 6) is 0.671. The molecule has 1 rings (SSSR count). The lowest BCUT2D eigenvalue weighted by molar-refractivity contribution is 0.267. The van der Waals surface area contributed by atoms with Crippen LogP contribution in [0, 0.1) is 0 Å². The maximum Gasteiger partial charge on any atom is 0.250 e. The quantitative estimate of drug-likeness (QED) is 0.584. The van der Waals surface area contributed by atoms with Gasteiger partial charge in [0.15, 0.2) is 0 Å². The molecule has 0 aliphatic rings. The Hall–Kier alpha value is -0.363. The zero-order valence-corrected chi connectivity index (χ0v) is 16.2. The molecule has 0 saturated carbocycles. The molecule has 120 valence electrons. The molecule has 0 saturated heterocycles. The average molecular weight is 375 g/mol. The topological polar surface area (TPSA) is 49.7 Å². The van der Waals surface area contributed by atoms with Gasteiger partial charge in [-0.3, -0.25) is 0 Å². The van der Waals surface area contributed by atoms with E-state index < -0.39 is 8.32 Å². The summed E-state index contributed by atoms with van der Waals surface area (Å²) in [4.78, 5) is 0. The Labute approximate surface area is 137 Å². The highest BCUT2D eigenvalue weighted by atomic mass is 79.9. The zero-order chi connectivity index (χ0) is 16.3. The third-order valence-electron chi connectivity index (χ3n) is 4.19. The number of hydrogen-bond acceptors (Lipinski definition) is 3. The minimum atomic E-state index is -2.01. The predicted octanol–water partition coefficient (Wildman–Crippen LogP) is 3.99. The molecule has 2 N–H and O–H groups in total. The third kappa shape index (κ3) is 4.55. The van der Waals surface area contributed by atoms with E-state index in [-0.39, 0.29) is 18.3 Å². The highest BCUT2D eigenvalue weighted by Crippen LogP contribution is 2.39. The fraction of sp³-hybridized carbons (Fsp3) is 0.625. The number of rotatable bonds is 6. The molecule has 0 spiro atoms. The summed E-state index contributed by atoms with van der Waals surface area (Å²) in [6, 6.07) is 3.95. The van der Waals surface area contributed by atoms with Crippen molar-refractivity contribution in [3.63, 3.8) is 0 Å². The number of hydrogen-bond donors (Lipinski definition) is 2. The summed E-state index contributed by atoms with van der Waals surface area (Å²) in [6.45, 7) is 10.7. The van der Waals surface area contributed by atoms with Gasteiger partial charge >= 0.3 is 0 Å². The van der Waals surface area contributed by atoms with Crippen LogP contribution < -0.4 is 4.43 Å². The highest BCUT2D eigenvalue weighted by molar-refractivity contribution is 9.09. The first kappa shape index (κ1) is 18.7. The Bertz CT molecular complexity index is 456. The van der Waals surface area contributed by atoms with Crippen molar-refractivity contribution >= 4 is 24.2 Å². The minimum absolute atomic E-state index is 0.0704. The number of benzene rings is 1. The van der Waals surface area contributed by atoms with Crippen molar-refractivity contribution in [2.75, 3.05) is 5.33 Å². The van der Waals surface area contributed by atoms with Gasteiger partial charge < -0.3 is 14.6 Å². The Morgan fingerprint density at radius 2 is 1.57 bits per heavy atom. The molecule has 0 amide bonds. The van der Waals surface area contributed by atoms with Crippen LogP contribution in [0.2, 0.25) is 18.1 Å². The average Bonchev–Trinajstić information content (AvgIpc) is 2.38. The second-order valence-electron chi connectivity index (χ2n) is 6.86. The molecule has 0 fully saturated rings. The number of aliphatic hydroxyl groups excluding tert-OH is 2. The van der Waals surface area contributed by atoms with Crippen LogP contribution in [0.5, 0.6) is 5.75 Å². The summed E-state index contributed by atoms with van der Waals surface area (Å²) in [5.41, 5.74) is 2.63. The predicted molar refractivity (Wildman–Crippen MR) is 93.6 cm³/mol. The second-order valence-corrected chi connectivity index (χ2v) is 12.4. The summed E-state index contributed by atoms with van der Waals surface area (Å²) in [7, 11) is -2.01. The molecular weight excluding hydrogens is 348 g/mol. The number of aliphatic hydroxyl groups is 2. The van der Waals surface area contributed by atoms with Gasteiger partial charge in [-0.2, -0.15) is 0 Å². The van der Waals surface area contributed by atoms with Crippen molar-refractivity contribution in [1.82, 2.24) is 0 Å². The monoisotopic (exact) mass is 374 g/mol. The van der Waals surface area contributed by atoms with Gasteiger partial charge in [0.1, 0.15) is 5.75 Å². The smallest absolute Gasteiger partial charge is 0.250 e. The van der Waals surface area contributed by atoms with Crippen molar-refractivity contribution in [2.45, 2.75) is 58.5 Å². The molecule has 21 heavy (non-hydrogen) atoms. The molecule has 1 aromatic rings. The van der Waals surface area contributed by atoms with Gasteiger partial charge in [-0.1, -0.05) is 36.7 Å². The SMILES string of the molecule is CC(C)(C)[Si](C)(C)Oc1c(CO)cc(CCBr)cc1CO. The lowest BCUT2D eigenvalue weighted by Gasteiger charge is -2.37. The number of aryl methyl sites for hydroxylation is 1. The maximum absolute atomic E-state index is 9.67. The molecule has 1 aromatic carbocycles. The molecule has 0 unspecified atom stereocenters. The Morgan fingerprint density at radius 1 is 1.10 bits per heavy atom. The first-order valence-corrected chi connectivity index (χ1v) is 11.3. The molecule has 5 heteroatoms. The largest absolute Gasteiger partial charge is 0.543 e. The van der Waals surface area contributed by atoms with Gasteiger partial charge in [0.25, 0.3) is 8.32 Å². The molecule has 3 nitrogen and oxygen atoms in total. The maximum atomic E-state index is 9.67. The van der Waals surface area contributed by atoms with Crippen LogP contribution in [0.15, 0.2) is 12.1 Å². The van der Waals surface area contributed by atoms with E-state index in [1.165, 1.54) is 0 Å². The highest BCUT2D eigenvalue weighted by Gasteiger charge is 2.39. The summed E-state index contributed by atoms with van der Waals surface area (Å²) in [6.07, 6.45) is 0.861. The van der Waals surface area contributed by atoms with Gasteiger partial charge in [0.05, 0.1) is 13.2 Å². The van der Waals surface area contributed by atoms with E-state index in [4.69, 9.17) is 4.43 Å². The lowest BCUT2D eigenvalue weighted by atomic mass is 10.0. The number of alkyl halides is 1. The fourth-order valence-electron chi connectivity index (χ4n) is 1.85. The van der Waals surface area contributed by atoms with Crippen molar-refractivity contribution in [2.24, 2.45) is 0 Å². The molecule has 0 aliphatic heterocycles. The molecule has 0 radical (unpaired) electrons. The summed E-state index contributed by atoms with van der Waals surface area (Å²) in [5, 5.41) is 20.3. The summed E-state index contributed by atoms with van der Waals surface area (Å²) < 4.78 is 6.35. The molecule has 0 bridgehead atoms. The molecule has 0 aromatic heterocycles. The van der Waals surface area contributed by atoms with Gasteiger partial charge in [0.2, 0.25) is 0 Å². The zero-order valence-electron chi connectivity index (χ0n) is 13.7. The standard InChI is InChI=1S/C16H27BrO3Si/c1-16(2,3)21(4,5)20-15-13(10-18)8-12(6-7-17)9-14(15)11-19/h8-9,18-19H,6-7,10-11H2,1-5H3. The molecule has 0 aliphatic carbocycles. The fourth-order valence-corrected chi connectivity index (χ4v) is 3.39. The van der Waals surface area contributed by atoms with Crippen molar-refractivity contribution in [1.29, 1.82) is 0 Å². The van der Waals surface area contributed by atoms with Crippen LogP contribution in [0.3, 0.4) is 0 Å². The van der Waals surface area contributed by atoms with E-state index in [0.717, 1.165) is 28.4 Å². The van der Waals surface area contributed by atoms with Crippen LogP contribution in [-0.2, 0) is 19.6 Å². The molecule has 0 heterocycles. The third-order valence-corrected chi connectivity index (χ3v) is 8.91. The minimum Gasteiger partial charge on any atom is -0.543 e. The van der Waals surface area contributed by atoms with Gasteiger partial charge in [-0.15, -0.1) is 0 Å². The normalized spacial score (nSPS) is 12.6. The van der Waals surface area contributed by atoms with Crippen LogP contribution >= 0.6 is 15.9 Å². The van der Waals surface area contributed by atoms with Crippen molar-refractivity contribution < 1.29 is 14.6 Å². The first-order chi connectivity index (χ1) is 9.66. The number of halogens is 1. The van der Waals surface area contributed by atoms with E-state index in [1.54, 1.807) is 0 Å². The Balaban J connectivity index is 3.28.